The maximum atomic E-state index is 12.2. The zero-order chi connectivity index (χ0) is 16.1. The summed E-state index contributed by atoms with van der Waals surface area (Å²) in [6, 6.07) is 7.77. The smallest absolute Gasteiger partial charge is 0.340 e. The number of ether oxygens (including phenoxy) is 2. The predicted octanol–water partition coefficient (Wildman–Crippen LogP) is 2.78. The first-order valence-electron chi connectivity index (χ1n) is 6.25. The van der Waals surface area contributed by atoms with Gasteiger partial charge >= 0.3 is 5.97 Å². The first-order valence-corrected chi connectivity index (χ1v) is 6.63. The molecule has 0 spiro atoms. The average Bonchev–Trinajstić information content (AvgIpc) is 2.54. The number of halogens is 1. The second-order valence-corrected chi connectivity index (χ2v) is 4.56. The Morgan fingerprint density at radius 2 is 1.95 bits per heavy atom. The predicted molar refractivity (Wildman–Crippen MR) is 81.5 cm³/mol. The number of carbonyl (C=O) groups is 2. The molecule has 0 radical (unpaired) electrons. The molecule has 1 aromatic carbocycles. The Bertz CT molecular complexity index is 718. The summed E-state index contributed by atoms with van der Waals surface area (Å²) >= 11 is 5.88. The van der Waals surface area contributed by atoms with Gasteiger partial charge in [-0.1, -0.05) is 11.6 Å². The van der Waals surface area contributed by atoms with Crippen LogP contribution in [0.2, 0.25) is 5.15 Å². The maximum Gasteiger partial charge on any atom is 0.340 e. The van der Waals surface area contributed by atoms with Gasteiger partial charge in [0.2, 0.25) is 0 Å². The molecule has 0 bridgehead atoms. The molecule has 114 valence electrons. The minimum absolute atomic E-state index is 0.0770. The number of amides is 1. The summed E-state index contributed by atoms with van der Waals surface area (Å²) in [5, 5.41) is 2.69. The van der Waals surface area contributed by atoms with Crippen LogP contribution in [0.15, 0.2) is 36.5 Å². The summed E-state index contributed by atoms with van der Waals surface area (Å²) in [5.41, 5.74) is 0.670. The number of nitrogens with one attached hydrogen (secondary N) is 1. The number of rotatable bonds is 4. The first kappa shape index (κ1) is 15.8. The third-order valence-corrected chi connectivity index (χ3v) is 3.19. The lowest BCUT2D eigenvalue weighted by atomic mass is 10.1. The van der Waals surface area contributed by atoms with Crippen molar-refractivity contribution in [3.8, 4) is 5.75 Å². The van der Waals surface area contributed by atoms with Gasteiger partial charge in [-0.05, 0) is 30.3 Å². The van der Waals surface area contributed by atoms with E-state index in [1.807, 2.05) is 0 Å². The number of methoxy groups -OCH3 is 2. The summed E-state index contributed by atoms with van der Waals surface area (Å²) in [6.45, 7) is 0. The maximum absolute atomic E-state index is 12.2. The fourth-order valence-electron chi connectivity index (χ4n) is 1.78. The van der Waals surface area contributed by atoms with Gasteiger partial charge in [-0.3, -0.25) is 4.79 Å². The van der Waals surface area contributed by atoms with Gasteiger partial charge in [0, 0.05) is 6.20 Å². The third-order valence-electron chi connectivity index (χ3n) is 2.88. The van der Waals surface area contributed by atoms with Crippen molar-refractivity contribution in [2.45, 2.75) is 0 Å². The molecule has 1 amide bonds. The van der Waals surface area contributed by atoms with Crippen LogP contribution in [0.1, 0.15) is 20.7 Å². The Balaban J connectivity index is 2.35. The largest absolute Gasteiger partial charge is 0.497 e. The Morgan fingerprint density at radius 3 is 2.59 bits per heavy atom. The van der Waals surface area contributed by atoms with E-state index in [9.17, 15) is 9.59 Å². The molecule has 0 saturated heterocycles. The van der Waals surface area contributed by atoms with Gasteiger partial charge < -0.3 is 14.8 Å². The number of carbonyl (C=O) groups excluding carboxylic acids is 2. The molecule has 0 unspecified atom stereocenters. The highest BCUT2D eigenvalue weighted by molar-refractivity contribution is 6.33. The third kappa shape index (κ3) is 3.35. The molecule has 2 aromatic rings. The molecule has 0 aliphatic carbocycles. The van der Waals surface area contributed by atoms with Gasteiger partial charge in [0.1, 0.15) is 10.9 Å². The Labute approximate surface area is 132 Å². The SMILES string of the molecule is COC(=O)c1cc(OC)ccc1NC(=O)c1cccnc1Cl. The van der Waals surface area contributed by atoms with Gasteiger partial charge in [0.25, 0.3) is 5.91 Å². The highest BCUT2D eigenvalue weighted by Crippen LogP contribution is 2.24. The van der Waals surface area contributed by atoms with E-state index in [1.165, 1.54) is 32.5 Å². The lowest BCUT2D eigenvalue weighted by molar-refractivity contribution is 0.0601. The van der Waals surface area contributed by atoms with Crippen LogP contribution < -0.4 is 10.1 Å². The fourth-order valence-corrected chi connectivity index (χ4v) is 1.99. The van der Waals surface area contributed by atoms with E-state index < -0.39 is 11.9 Å². The molecule has 7 heteroatoms. The molecule has 0 saturated carbocycles. The van der Waals surface area contributed by atoms with Crippen molar-refractivity contribution in [2.75, 3.05) is 19.5 Å². The summed E-state index contributed by atoms with van der Waals surface area (Å²) in [7, 11) is 2.73. The average molecular weight is 321 g/mol. The highest BCUT2D eigenvalue weighted by Gasteiger charge is 2.17. The molecule has 0 aliphatic heterocycles. The van der Waals surface area contributed by atoms with Crippen LogP contribution in [0, 0.1) is 0 Å². The highest BCUT2D eigenvalue weighted by atomic mass is 35.5. The van der Waals surface area contributed by atoms with E-state index in [-0.39, 0.29) is 22.0 Å². The molecule has 1 heterocycles. The molecule has 2 rings (SSSR count). The number of nitrogens with zero attached hydrogens (tertiary/aromatic N) is 1. The molecule has 6 nitrogen and oxygen atoms in total. The lowest BCUT2D eigenvalue weighted by Gasteiger charge is -2.11. The quantitative estimate of drug-likeness (QED) is 0.692. The molecule has 0 atom stereocenters. The van der Waals surface area contributed by atoms with E-state index in [1.54, 1.807) is 18.2 Å². The van der Waals surface area contributed by atoms with Crippen LogP contribution in [0.4, 0.5) is 5.69 Å². The van der Waals surface area contributed by atoms with Crippen molar-refractivity contribution in [2.24, 2.45) is 0 Å². The fraction of sp³-hybridized carbons (Fsp3) is 0.133. The van der Waals surface area contributed by atoms with E-state index >= 15 is 0 Å². The summed E-state index contributed by atoms with van der Waals surface area (Å²) < 4.78 is 9.76. The van der Waals surface area contributed by atoms with Crippen molar-refractivity contribution >= 4 is 29.2 Å². The van der Waals surface area contributed by atoms with Crippen molar-refractivity contribution in [3.63, 3.8) is 0 Å². The van der Waals surface area contributed by atoms with Crippen LogP contribution in [0.25, 0.3) is 0 Å². The van der Waals surface area contributed by atoms with Crippen LogP contribution in [-0.2, 0) is 4.74 Å². The first-order chi connectivity index (χ1) is 10.6. The van der Waals surface area contributed by atoms with Crippen molar-refractivity contribution in [1.29, 1.82) is 0 Å². The Kier molecular flexibility index (Phi) is 4.95. The van der Waals surface area contributed by atoms with E-state index in [0.717, 1.165) is 0 Å². The molecule has 0 fully saturated rings. The molecule has 1 N–H and O–H groups in total. The summed E-state index contributed by atoms with van der Waals surface area (Å²) in [5.74, 6) is -0.599. The van der Waals surface area contributed by atoms with Crippen molar-refractivity contribution < 1.29 is 19.1 Å². The van der Waals surface area contributed by atoms with Crippen LogP contribution in [-0.4, -0.2) is 31.1 Å². The molecule has 22 heavy (non-hydrogen) atoms. The van der Waals surface area contributed by atoms with Gasteiger partial charge in [-0.25, -0.2) is 9.78 Å². The van der Waals surface area contributed by atoms with Crippen LogP contribution in [0.5, 0.6) is 5.75 Å². The normalized spacial score (nSPS) is 9.95. The zero-order valence-corrected chi connectivity index (χ0v) is 12.7. The minimum Gasteiger partial charge on any atom is -0.497 e. The Morgan fingerprint density at radius 1 is 1.18 bits per heavy atom. The number of esters is 1. The Hall–Kier alpha value is -2.60. The number of anilines is 1. The number of pyridine rings is 1. The van der Waals surface area contributed by atoms with E-state index in [2.05, 4.69) is 10.3 Å². The summed E-state index contributed by atoms with van der Waals surface area (Å²) in [4.78, 5) is 27.9. The molecular weight excluding hydrogens is 308 g/mol. The van der Waals surface area contributed by atoms with Gasteiger partial charge in [-0.2, -0.15) is 0 Å². The molecule has 1 aromatic heterocycles. The van der Waals surface area contributed by atoms with E-state index in [4.69, 9.17) is 21.1 Å². The molecular formula is C15H13ClN2O4. The topological polar surface area (TPSA) is 77.5 Å². The van der Waals surface area contributed by atoms with E-state index in [0.29, 0.717) is 5.75 Å². The van der Waals surface area contributed by atoms with Crippen LogP contribution in [0.3, 0.4) is 0 Å². The minimum atomic E-state index is -0.591. The zero-order valence-electron chi connectivity index (χ0n) is 11.9. The van der Waals surface area contributed by atoms with Gasteiger partial charge in [-0.15, -0.1) is 0 Å². The van der Waals surface area contributed by atoms with Crippen molar-refractivity contribution in [1.82, 2.24) is 4.98 Å². The lowest BCUT2D eigenvalue weighted by Crippen LogP contribution is -2.16. The number of hydrogen-bond acceptors (Lipinski definition) is 5. The van der Waals surface area contributed by atoms with Gasteiger partial charge in [0.05, 0.1) is 31.0 Å². The summed E-state index contributed by atoms with van der Waals surface area (Å²) in [6.07, 6.45) is 1.48. The second-order valence-electron chi connectivity index (χ2n) is 4.20. The van der Waals surface area contributed by atoms with Crippen molar-refractivity contribution in [3.05, 3.63) is 52.8 Å². The number of benzene rings is 1. The van der Waals surface area contributed by atoms with Gasteiger partial charge in [0.15, 0.2) is 0 Å². The second kappa shape index (κ2) is 6.91. The number of hydrogen-bond donors (Lipinski definition) is 1. The number of aromatic nitrogens is 1. The monoisotopic (exact) mass is 320 g/mol. The van der Waals surface area contributed by atoms with Crippen LogP contribution >= 0.6 is 11.6 Å². The standard InChI is InChI=1S/C15H13ClN2O4/c1-21-9-5-6-12(11(8-9)15(20)22-2)18-14(19)10-4-3-7-17-13(10)16/h3-8H,1-2H3,(H,18,19). The molecule has 0 aliphatic rings.